The molecular formula is C14H19NO3. The number of aryl methyl sites for hydroxylation is 1. The lowest BCUT2D eigenvalue weighted by atomic mass is 9.78. The number of carboxylic acids is 1. The Kier molecular flexibility index (Phi) is 3.10. The van der Waals surface area contributed by atoms with Crippen LogP contribution < -0.4 is 0 Å². The molecule has 0 aromatic carbocycles. The number of carboxylic acid groups (broad SMARTS) is 1. The van der Waals surface area contributed by atoms with Crippen LogP contribution in [-0.2, 0) is 17.6 Å². The van der Waals surface area contributed by atoms with E-state index < -0.39 is 5.97 Å². The second kappa shape index (κ2) is 4.75. The van der Waals surface area contributed by atoms with Gasteiger partial charge in [-0.3, -0.25) is 4.79 Å². The van der Waals surface area contributed by atoms with Gasteiger partial charge < -0.3 is 9.63 Å². The van der Waals surface area contributed by atoms with Gasteiger partial charge in [0.25, 0.3) is 0 Å². The minimum Gasteiger partial charge on any atom is -0.481 e. The van der Waals surface area contributed by atoms with Crippen molar-refractivity contribution in [2.45, 2.75) is 57.3 Å². The highest BCUT2D eigenvalue weighted by molar-refractivity contribution is 5.70. The maximum absolute atomic E-state index is 10.9. The number of rotatable bonds is 2. The van der Waals surface area contributed by atoms with E-state index in [1.807, 2.05) is 0 Å². The van der Waals surface area contributed by atoms with Crippen LogP contribution in [0.3, 0.4) is 0 Å². The predicted octanol–water partition coefficient (Wildman–Crippen LogP) is 2.91. The lowest BCUT2D eigenvalue weighted by Crippen LogP contribution is -2.21. The summed E-state index contributed by atoms with van der Waals surface area (Å²) in [6.45, 7) is 0. The lowest BCUT2D eigenvalue weighted by molar-refractivity contribution is -0.142. The van der Waals surface area contributed by atoms with Crippen LogP contribution in [0, 0.1) is 5.92 Å². The normalized spacial score (nSPS) is 27.8. The molecule has 1 fully saturated rings. The zero-order valence-corrected chi connectivity index (χ0v) is 10.5. The van der Waals surface area contributed by atoms with Gasteiger partial charge in [0, 0.05) is 17.9 Å². The SMILES string of the molecule is O=C(O)C1CCC(c2noc3c2CCCC3)CC1. The van der Waals surface area contributed by atoms with Gasteiger partial charge in [0.05, 0.1) is 11.6 Å². The van der Waals surface area contributed by atoms with Gasteiger partial charge in [-0.25, -0.2) is 0 Å². The molecule has 1 N–H and O–H groups in total. The Labute approximate surface area is 106 Å². The smallest absolute Gasteiger partial charge is 0.306 e. The summed E-state index contributed by atoms with van der Waals surface area (Å²) in [7, 11) is 0. The van der Waals surface area contributed by atoms with Gasteiger partial charge in [0.1, 0.15) is 5.76 Å². The van der Waals surface area contributed by atoms with Gasteiger partial charge in [-0.05, 0) is 44.9 Å². The summed E-state index contributed by atoms with van der Waals surface area (Å²) in [5.41, 5.74) is 2.47. The summed E-state index contributed by atoms with van der Waals surface area (Å²) >= 11 is 0. The zero-order valence-electron chi connectivity index (χ0n) is 10.5. The van der Waals surface area contributed by atoms with Crippen LogP contribution in [0.2, 0.25) is 0 Å². The highest BCUT2D eigenvalue weighted by Gasteiger charge is 2.31. The fourth-order valence-corrected chi connectivity index (χ4v) is 3.34. The van der Waals surface area contributed by atoms with Gasteiger partial charge in [0.15, 0.2) is 0 Å². The maximum Gasteiger partial charge on any atom is 0.306 e. The monoisotopic (exact) mass is 249 g/mol. The molecule has 0 saturated heterocycles. The van der Waals surface area contributed by atoms with Crippen molar-refractivity contribution in [1.82, 2.24) is 5.16 Å². The van der Waals surface area contributed by atoms with Crippen molar-refractivity contribution in [2.75, 3.05) is 0 Å². The molecule has 0 bridgehead atoms. The van der Waals surface area contributed by atoms with Crippen molar-refractivity contribution in [3.8, 4) is 0 Å². The third-order valence-corrected chi connectivity index (χ3v) is 4.44. The van der Waals surface area contributed by atoms with E-state index in [-0.39, 0.29) is 5.92 Å². The number of fused-ring (bicyclic) bond motifs is 1. The van der Waals surface area contributed by atoms with Crippen LogP contribution in [-0.4, -0.2) is 16.2 Å². The molecular weight excluding hydrogens is 230 g/mol. The molecule has 1 aromatic heterocycles. The Morgan fingerprint density at radius 2 is 1.89 bits per heavy atom. The number of nitrogens with zero attached hydrogens (tertiary/aromatic N) is 1. The number of hydrogen-bond acceptors (Lipinski definition) is 3. The van der Waals surface area contributed by atoms with Gasteiger partial charge in [-0.1, -0.05) is 5.16 Å². The highest BCUT2D eigenvalue weighted by Crippen LogP contribution is 2.38. The van der Waals surface area contributed by atoms with E-state index in [9.17, 15) is 4.79 Å². The molecule has 2 aliphatic carbocycles. The third kappa shape index (κ3) is 2.04. The molecule has 0 unspecified atom stereocenters. The first kappa shape index (κ1) is 11.8. The first-order valence-electron chi connectivity index (χ1n) is 6.96. The van der Waals surface area contributed by atoms with Crippen molar-refractivity contribution in [2.24, 2.45) is 5.92 Å². The number of carbonyl (C=O) groups is 1. The van der Waals surface area contributed by atoms with Crippen molar-refractivity contribution >= 4 is 5.97 Å². The van der Waals surface area contributed by atoms with E-state index in [0.717, 1.165) is 50.0 Å². The van der Waals surface area contributed by atoms with Gasteiger partial charge >= 0.3 is 5.97 Å². The van der Waals surface area contributed by atoms with Crippen LogP contribution in [0.25, 0.3) is 0 Å². The molecule has 18 heavy (non-hydrogen) atoms. The molecule has 0 amide bonds. The van der Waals surface area contributed by atoms with Crippen molar-refractivity contribution in [1.29, 1.82) is 0 Å². The average molecular weight is 249 g/mol. The van der Waals surface area contributed by atoms with Crippen LogP contribution in [0.4, 0.5) is 0 Å². The quantitative estimate of drug-likeness (QED) is 0.875. The van der Waals surface area contributed by atoms with Crippen LogP contribution in [0.1, 0.15) is 61.5 Å². The van der Waals surface area contributed by atoms with E-state index >= 15 is 0 Å². The highest BCUT2D eigenvalue weighted by atomic mass is 16.5. The Hall–Kier alpha value is -1.32. The van der Waals surface area contributed by atoms with Crippen LogP contribution >= 0.6 is 0 Å². The molecule has 98 valence electrons. The minimum atomic E-state index is -0.643. The van der Waals surface area contributed by atoms with Crippen LogP contribution in [0.15, 0.2) is 4.52 Å². The van der Waals surface area contributed by atoms with Gasteiger partial charge in [0.2, 0.25) is 0 Å². The molecule has 0 aliphatic heterocycles. The molecule has 0 spiro atoms. The van der Waals surface area contributed by atoms with E-state index in [1.54, 1.807) is 0 Å². The Bertz CT molecular complexity index is 444. The summed E-state index contributed by atoms with van der Waals surface area (Å²) in [4.78, 5) is 10.9. The average Bonchev–Trinajstić information content (AvgIpc) is 2.82. The second-order valence-electron chi connectivity index (χ2n) is 5.56. The van der Waals surface area contributed by atoms with E-state index in [0.29, 0.717) is 5.92 Å². The largest absolute Gasteiger partial charge is 0.481 e. The summed E-state index contributed by atoms with van der Waals surface area (Å²) in [6, 6.07) is 0. The second-order valence-corrected chi connectivity index (χ2v) is 5.56. The molecule has 4 heteroatoms. The zero-order chi connectivity index (χ0) is 12.5. The molecule has 1 heterocycles. The first-order chi connectivity index (χ1) is 8.75. The Morgan fingerprint density at radius 1 is 1.17 bits per heavy atom. The first-order valence-corrected chi connectivity index (χ1v) is 6.96. The van der Waals surface area contributed by atoms with E-state index in [2.05, 4.69) is 5.16 Å². The van der Waals surface area contributed by atoms with Crippen LogP contribution in [0.5, 0.6) is 0 Å². The Morgan fingerprint density at radius 3 is 2.61 bits per heavy atom. The van der Waals surface area contributed by atoms with E-state index in [4.69, 9.17) is 9.63 Å². The Balaban J connectivity index is 1.73. The third-order valence-electron chi connectivity index (χ3n) is 4.44. The summed E-state index contributed by atoms with van der Waals surface area (Å²) in [6.07, 6.45) is 7.98. The predicted molar refractivity (Wildman–Crippen MR) is 65.5 cm³/mol. The topological polar surface area (TPSA) is 63.3 Å². The van der Waals surface area contributed by atoms with Crippen molar-refractivity contribution < 1.29 is 14.4 Å². The van der Waals surface area contributed by atoms with E-state index in [1.165, 1.54) is 18.4 Å². The summed E-state index contributed by atoms with van der Waals surface area (Å²) in [5.74, 6) is 0.711. The number of aromatic nitrogens is 1. The molecule has 0 radical (unpaired) electrons. The number of aliphatic carboxylic acids is 1. The number of hydrogen-bond donors (Lipinski definition) is 1. The fraction of sp³-hybridized carbons (Fsp3) is 0.714. The standard InChI is InChI=1S/C14H19NO3/c16-14(17)10-7-5-9(6-8-10)13-11-3-1-2-4-12(11)18-15-13/h9-10H,1-8H2,(H,16,17). The van der Waals surface area contributed by atoms with Gasteiger partial charge in [-0.15, -0.1) is 0 Å². The van der Waals surface area contributed by atoms with Crippen molar-refractivity contribution in [3.63, 3.8) is 0 Å². The fourth-order valence-electron chi connectivity index (χ4n) is 3.34. The maximum atomic E-state index is 10.9. The molecule has 1 aromatic rings. The molecule has 2 aliphatic rings. The van der Waals surface area contributed by atoms with Crippen molar-refractivity contribution in [3.05, 3.63) is 17.0 Å². The lowest BCUT2D eigenvalue weighted by Gasteiger charge is -2.25. The molecule has 1 saturated carbocycles. The molecule has 4 nitrogen and oxygen atoms in total. The molecule has 0 atom stereocenters. The van der Waals surface area contributed by atoms with Gasteiger partial charge in [-0.2, -0.15) is 0 Å². The summed E-state index contributed by atoms with van der Waals surface area (Å²) < 4.78 is 5.45. The molecule has 3 rings (SSSR count). The summed E-state index contributed by atoms with van der Waals surface area (Å²) in [5, 5.41) is 13.3. The minimum absolute atomic E-state index is 0.149.